The second kappa shape index (κ2) is 9.65. The Labute approximate surface area is 203 Å². The van der Waals surface area contributed by atoms with Crippen molar-refractivity contribution in [2.24, 2.45) is 0 Å². The number of halogens is 1. The molecular weight excluding hydrogens is 476 g/mol. The van der Waals surface area contributed by atoms with Crippen LogP contribution < -0.4 is 5.32 Å². The van der Waals surface area contributed by atoms with Gasteiger partial charge in [0.25, 0.3) is 5.91 Å². The molecule has 3 heterocycles. The number of piperidine rings is 1. The number of H-pyrrole nitrogens is 1. The molecule has 0 aliphatic carbocycles. The first kappa shape index (κ1) is 23.3. The molecule has 180 valence electrons. The van der Waals surface area contributed by atoms with Crippen LogP contribution in [-0.2, 0) is 14.8 Å². The van der Waals surface area contributed by atoms with Crippen LogP contribution in [0.2, 0.25) is 5.02 Å². The van der Waals surface area contributed by atoms with E-state index in [2.05, 4.69) is 15.3 Å². The molecule has 2 aliphatic heterocycles. The molecule has 0 bridgehead atoms. The van der Waals surface area contributed by atoms with Crippen LogP contribution in [0.15, 0.2) is 47.4 Å². The summed E-state index contributed by atoms with van der Waals surface area (Å²) in [7, 11) is -3.63. The normalized spacial score (nSPS) is 20.1. The van der Waals surface area contributed by atoms with Crippen LogP contribution in [0.3, 0.4) is 0 Å². The number of hydrogen-bond donors (Lipinski definition) is 2. The Balaban J connectivity index is 1.20. The van der Waals surface area contributed by atoms with Gasteiger partial charge in [0.15, 0.2) is 0 Å². The lowest BCUT2D eigenvalue weighted by Gasteiger charge is -2.30. The number of nitrogens with one attached hydrogen (secondary N) is 2. The summed E-state index contributed by atoms with van der Waals surface area (Å²) in [6.07, 6.45) is 3.37. The molecular formula is C24H27ClN4O4S. The van der Waals surface area contributed by atoms with E-state index in [9.17, 15) is 13.2 Å². The Hall–Kier alpha value is -2.46. The molecule has 2 aromatic carbocycles. The predicted molar refractivity (Wildman–Crippen MR) is 130 cm³/mol. The highest BCUT2D eigenvalue weighted by molar-refractivity contribution is 7.89. The fourth-order valence-electron chi connectivity index (χ4n) is 4.61. The van der Waals surface area contributed by atoms with Gasteiger partial charge in [-0.1, -0.05) is 11.6 Å². The number of sulfonamides is 1. The van der Waals surface area contributed by atoms with Gasteiger partial charge in [0, 0.05) is 42.7 Å². The Bertz CT molecular complexity index is 1280. The number of benzene rings is 2. The van der Waals surface area contributed by atoms with Gasteiger partial charge in [-0.2, -0.15) is 4.31 Å². The lowest BCUT2D eigenvalue weighted by Crippen LogP contribution is -2.38. The highest BCUT2D eigenvalue weighted by Crippen LogP contribution is 2.31. The Morgan fingerprint density at radius 3 is 2.62 bits per heavy atom. The number of rotatable bonds is 6. The average Bonchev–Trinajstić information content (AvgIpc) is 3.52. The quantitative estimate of drug-likeness (QED) is 0.535. The number of fused-ring (bicyclic) bond motifs is 1. The largest absolute Gasteiger partial charge is 0.376 e. The lowest BCUT2D eigenvalue weighted by atomic mass is 9.97. The second-order valence-electron chi connectivity index (χ2n) is 8.83. The topological polar surface area (TPSA) is 104 Å². The Morgan fingerprint density at radius 2 is 1.91 bits per heavy atom. The number of aromatic amines is 1. The van der Waals surface area contributed by atoms with Gasteiger partial charge in [-0.3, -0.25) is 4.79 Å². The van der Waals surface area contributed by atoms with Crippen LogP contribution in [0.5, 0.6) is 0 Å². The van der Waals surface area contributed by atoms with Crippen molar-refractivity contribution in [3.8, 4) is 0 Å². The summed E-state index contributed by atoms with van der Waals surface area (Å²) >= 11 is 6.06. The highest BCUT2D eigenvalue weighted by atomic mass is 35.5. The maximum absolute atomic E-state index is 13.2. The average molecular weight is 503 g/mol. The molecule has 2 N–H and O–H groups in total. The smallest absolute Gasteiger partial charge is 0.251 e. The zero-order chi connectivity index (χ0) is 23.7. The van der Waals surface area contributed by atoms with E-state index in [0.29, 0.717) is 43.1 Å². The third-order valence-corrected chi connectivity index (χ3v) is 8.72. The monoisotopic (exact) mass is 502 g/mol. The molecule has 1 amide bonds. The molecule has 1 aromatic heterocycles. The summed E-state index contributed by atoms with van der Waals surface area (Å²) in [6, 6.07) is 11.7. The van der Waals surface area contributed by atoms with E-state index in [1.54, 1.807) is 12.1 Å². The lowest BCUT2D eigenvalue weighted by molar-refractivity contribution is 0.0857. The molecule has 5 rings (SSSR count). The maximum Gasteiger partial charge on any atom is 0.251 e. The first-order valence-corrected chi connectivity index (χ1v) is 13.4. The van der Waals surface area contributed by atoms with Gasteiger partial charge in [0.05, 0.1) is 22.0 Å². The van der Waals surface area contributed by atoms with E-state index >= 15 is 0 Å². The van der Waals surface area contributed by atoms with Crippen molar-refractivity contribution >= 4 is 38.6 Å². The van der Waals surface area contributed by atoms with Crippen LogP contribution in [0.25, 0.3) is 11.0 Å². The minimum Gasteiger partial charge on any atom is -0.376 e. The van der Waals surface area contributed by atoms with Crippen LogP contribution in [0.1, 0.15) is 47.8 Å². The van der Waals surface area contributed by atoms with E-state index in [0.717, 1.165) is 36.3 Å². The number of carbonyl (C=O) groups excluding carboxylic acids is 1. The van der Waals surface area contributed by atoms with Crippen molar-refractivity contribution < 1.29 is 17.9 Å². The van der Waals surface area contributed by atoms with E-state index in [-0.39, 0.29) is 22.8 Å². The molecule has 2 fully saturated rings. The zero-order valence-electron chi connectivity index (χ0n) is 18.7. The number of imidazole rings is 1. The van der Waals surface area contributed by atoms with Gasteiger partial charge in [-0.05, 0) is 68.1 Å². The molecule has 8 nitrogen and oxygen atoms in total. The number of hydrogen-bond acceptors (Lipinski definition) is 5. The summed E-state index contributed by atoms with van der Waals surface area (Å²) in [5.41, 5.74) is 2.17. The number of amides is 1. The fourth-order valence-corrected chi connectivity index (χ4v) is 6.25. The van der Waals surface area contributed by atoms with Gasteiger partial charge in [0.2, 0.25) is 10.0 Å². The number of nitrogens with zero attached hydrogens (tertiary/aromatic N) is 2. The first-order chi connectivity index (χ1) is 16.4. The minimum atomic E-state index is -3.63. The van der Waals surface area contributed by atoms with E-state index in [1.807, 2.05) is 18.2 Å². The van der Waals surface area contributed by atoms with Gasteiger partial charge >= 0.3 is 0 Å². The van der Waals surface area contributed by atoms with Crippen molar-refractivity contribution in [2.45, 2.75) is 42.6 Å². The van der Waals surface area contributed by atoms with Gasteiger partial charge in [-0.25, -0.2) is 13.4 Å². The van der Waals surface area contributed by atoms with Crippen molar-refractivity contribution in [1.82, 2.24) is 19.6 Å². The molecule has 0 spiro atoms. The van der Waals surface area contributed by atoms with Crippen molar-refractivity contribution in [3.63, 3.8) is 0 Å². The number of ether oxygens (including phenoxy) is 1. The maximum atomic E-state index is 13.2. The van der Waals surface area contributed by atoms with E-state index in [4.69, 9.17) is 16.3 Å². The van der Waals surface area contributed by atoms with Crippen LogP contribution in [-0.4, -0.2) is 60.9 Å². The molecule has 2 saturated heterocycles. The molecule has 10 heteroatoms. The third-order valence-electron chi connectivity index (χ3n) is 6.57. The van der Waals surface area contributed by atoms with Gasteiger partial charge in [0.1, 0.15) is 5.82 Å². The molecule has 1 atom stereocenters. The molecule has 2 aliphatic rings. The predicted octanol–water partition coefficient (Wildman–Crippen LogP) is 3.69. The Kier molecular flexibility index (Phi) is 6.61. The number of aromatic nitrogens is 2. The molecule has 0 radical (unpaired) electrons. The first-order valence-electron chi connectivity index (χ1n) is 11.6. The van der Waals surface area contributed by atoms with Crippen molar-refractivity contribution in [2.75, 3.05) is 26.2 Å². The fraction of sp³-hybridized carbons (Fsp3) is 0.417. The van der Waals surface area contributed by atoms with Crippen LogP contribution >= 0.6 is 11.6 Å². The summed E-state index contributed by atoms with van der Waals surface area (Å²) < 4.78 is 33.3. The molecule has 34 heavy (non-hydrogen) atoms. The van der Waals surface area contributed by atoms with E-state index in [1.165, 1.54) is 16.4 Å². The third kappa shape index (κ3) is 4.84. The molecule has 0 unspecified atom stereocenters. The second-order valence-corrected chi connectivity index (χ2v) is 11.2. The van der Waals surface area contributed by atoms with E-state index < -0.39 is 10.0 Å². The summed E-state index contributed by atoms with van der Waals surface area (Å²) in [5, 5.41) is 3.50. The van der Waals surface area contributed by atoms with Gasteiger partial charge in [-0.15, -0.1) is 0 Å². The summed E-state index contributed by atoms with van der Waals surface area (Å²) in [5.74, 6) is 0.799. The molecule has 0 saturated carbocycles. The highest BCUT2D eigenvalue weighted by Gasteiger charge is 2.31. The van der Waals surface area contributed by atoms with Crippen LogP contribution in [0.4, 0.5) is 0 Å². The zero-order valence-corrected chi connectivity index (χ0v) is 20.2. The van der Waals surface area contributed by atoms with Crippen molar-refractivity contribution in [3.05, 3.63) is 58.9 Å². The SMILES string of the molecule is O=C(NC[C@@H]1CCCO1)c1ccc(S(=O)(=O)N2CCC(c3nc4ccc(Cl)cc4[nH]3)CC2)cc1. The van der Waals surface area contributed by atoms with Gasteiger partial charge < -0.3 is 15.0 Å². The summed E-state index contributed by atoms with van der Waals surface area (Å²) in [6.45, 7) is 2.02. The molecule has 3 aromatic rings. The minimum absolute atomic E-state index is 0.0592. The standard InChI is InChI=1S/C24H27ClN4O4S/c25-18-5-8-21-22(14-18)28-23(27-21)16-9-11-29(12-10-16)34(31,32)20-6-3-17(4-7-20)24(30)26-15-19-2-1-13-33-19/h3-8,14,16,19H,1-2,9-13,15H2,(H,26,30)(H,27,28)/t19-/m0/s1. The van der Waals surface area contributed by atoms with Crippen LogP contribution in [0, 0.1) is 0 Å². The number of carbonyl (C=O) groups is 1. The summed E-state index contributed by atoms with van der Waals surface area (Å²) in [4.78, 5) is 20.6. The Morgan fingerprint density at radius 1 is 1.15 bits per heavy atom. The van der Waals surface area contributed by atoms with Crippen molar-refractivity contribution in [1.29, 1.82) is 0 Å².